The van der Waals surface area contributed by atoms with Crippen molar-refractivity contribution < 1.29 is 18.0 Å². The van der Waals surface area contributed by atoms with Gasteiger partial charge in [0.15, 0.2) is 5.69 Å². The van der Waals surface area contributed by atoms with E-state index in [9.17, 15) is 18.0 Å². The molecule has 1 atom stereocenters. The summed E-state index contributed by atoms with van der Waals surface area (Å²) in [6.07, 6.45) is -1.71. The van der Waals surface area contributed by atoms with Gasteiger partial charge in [-0.3, -0.25) is 14.4 Å². The molecule has 4 aromatic rings. The number of rotatable bonds is 6. The SMILES string of the molecule is CCn1cc(C(F)(F)F)nc1-c1ccc(C(C)N2C(=O)CCn3nc(-c4c(Cl)cnn4C(C)C)nc32)cc1. The molecule has 0 N–H and O–H groups in total. The number of imidazole rings is 1. The van der Waals surface area contributed by atoms with E-state index in [4.69, 9.17) is 11.6 Å². The average molecular weight is 547 g/mol. The van der Waals surface area contributed by atoms with E-state index >= 15 is 0 Å². The minimum atomic E-state index is -4.52. The van der Waals surface area contributed by atoms with Crippen molar-refractivity contribution in [2.24, 2.45) is 0 Å². The van der Waals surface area contributed by atoms with E-state index in [1.54, 1.807) is 51.6 Å². The summed E-state index contributed by atoms with van der Waals surface area (Å²) >= 11 is 6.40. The number of benzene rings is 1. The molecule has 0 saturated heterocycles. The van der Waals surface area contributed by atoms with Crippen LogP contribution in [0.15, 0.2) is 36.7 Å². The molecule has 0 aliphatic carbocycles. The van der Waals surface area contributed by atoms with Gasteiger partial charge in [-0.1, -0.05) is 35.9 Å². The van der Waals surface area contributed by atoms with E-state index in [0.717, 1.165) is 11.8 Å². The number of aryl methyl sites for hydroxylation is 2. The molecule has 3 aromatic heterocycles. The van der Waals surface area contributed by atoms with Crippen molar-refractivity contribution in [1.29, 1.82) is 0 Å². The number of nitrogens with zero attached hydrogens (tertiary/aromatic N) is 8. The van der Waals surface area contributed by atoms with Gasteiger partial charge in [-0.25, -0.2) is 9.67 Å². The summed E-state index contributed by atoms with van der Waals surface area (Å²) in [7, 11) is 0. The Morgan fingerprint density at radius 3 is 2.45 bits per heavy atom. The van der Waals surface area contributed by atoms with Crippen LogP contribution in [-0.2, 0) is 24.1 Å². The molecule has 4 heterocycles. The summed E-state index contributed by atoms with van der Waals surface area (Å²) in [4.78, 5) is 23.1. The second-order valence-corrected chi connectivity index (χ2v) is 9.79. The third-order valence-corrected chi connectivity index (χ3v) is 6.85. The highest BCUT2D eigenvalue weighted by Crippen LogP contribution is 2.35. The molecule has 1 aliphatic heterocycles. The maximum atomic E-state index is 13.2. The van der Waals surface area contributed by atoms with E-state index in [2.05, 4.69) is 20.2 Å². The van der Waals surface area contributed by atoms with E-state index < -0.39 is 17.9 Å². The smallest absolute Gasteiger partial charge is 0.331 e. The van der Waals surface area contributed by atoms with Gasteiger partial charge in [-0.15, -0.1) is 5.10 Å². The Morgan fingerprint density at radius 2 is 1.82 bits per heavy atom. The standard InChI is InChI=1S/C25H26ClF3N8O/c1-5-34-13-19(25(27,28)29)31-23(34)17-8-6-16(7-9-17)15(4)36-20(38)10-11-35-24(36)32-22(33-35)21-18(26)12-30-37(21)14(2)3/h6-9,12-15H,5,10-11H2,1-4H3. The summed E-state index contributed by atoms with van der Waals surface area (Å²) in [5.74, 6) is 0.908. The molecule has 1 amide bonds. The molecule has 200 valence electrons. The average Bonchev–Trinajstić information content (AvgIpc) is 3.59. The van der Waals surface area contributed by atoms with Gasteiger partial charge in [0, 0.05) is 30.8 Å². The molecule has 9 nitrogen and oxygen atoms in total. The third kappa shape index (κ3) is 4.46. The fourth-order valence-electron chi connectivity index (χ4n) is 4.61. The zero-order valence-electron chi connectivity index (χ0n) is 21.2. The van der Waals surface area contributed by atoms with Crippen LogP contribution in [0.5, 0.6) is 0 Å². The number of alkyl halides is 3. The van der Waals surface area contributed by atoms with Crippen LogP contribution in [0.3, 0.4) is 0 Å². The van der Waals surface area contributed by atoms with Crippen molar-refractivity contribution in [1.82, 2.24) is 34.1 Å². The summed E-state index contributed by atoms with van der Waals surface area (Å²) in [5, 5.41) is 9.36. The van der Waals surface area contributed by atoms with E-state index in [-0.39, 0.29) is 24.2 Å². The molecule has 13 heteroatoms. The number of carbonyl (C=O) groups is 1. The number of anilines is 1. The van der Waals surface area contributed by atoms with Crippen molar-refractivity contribution in [3.8, 4) is 22.9 Å². The van der Waals surface area contributed by atoms with Crippen LogP contribution in [0, 0.1) is 0 Å². The van der Waals surface area contributed by atoms with E-state index in [1.807, 2.05) is 20.8 Å². The quantitative estimate of drug-likeness (QED) is 0.306. The van der Waals surface area contributed by atoms with Crippen molar-refractivity contribution >= 4 is 23.5 Å². The number of carbonyl (C=O) groups excluding carboxylic acids is 1. The lowest BCUT2D eigenvalue weighted by Crippen LogP contribution is -2.39. The third-order valence-electron chi connectivity index (χ3n) is 6.57. The van der Waals surface area contributed by atoms with Crippen LogP contribution in [0.1, 0.15) is 57.5 Å². The van der Waals surface area contributed by atoms with Crippen LogP contribution in [0.25, 0.3) is 22.9 Å². The molecule has 0 bridgehead atoms. The number of amides is 1. The Kier molecular flexibility index (Phi) is 6.54. The molecule has 5 rings (SSSR count). The predicted octanol–water partition coefficient (Wildman–Crippen LogP) is 5.78. The molecule has 0 fully saturated rings. The summed E-state index contributed by atoms with van der Waals surface area (Å²) < 4.78 is 44.5. The molecular weight excluding hydrogens is 521 g/mol. The highest BCUT2D eigenvalue weighted by atomic mass is 35.5. The lowest BCUT2D eigenvalue weighted by atomic mass is 10.0. The van der Waals surface area contributed by atoms with Gasteiger partial charge in [-0.05, 0) is 33.3 Å². The normalized spacial score (nSPS) is 14.9. The minimum absolute atomic E-state index is 0.0312. The fourth-order valence-corrected chi connectivity index (χ4v) is 4.83. The van der Waals surface area contributed by atoms with Crippen molar-refractivity contribution in [3.05, 3.63) is 52.9 Å². The number of hydrogen-bond donors (Lipinski definition) is 0. The highest BCUT2D eigenvalue weighted by molar-refractivity contribution is 6.32. The van der Waals surface area contributed by atoms with Crippen LogP contribution in [-0.4, -0.2) is 40.0 Å². The second-order valence-electron chi connectivity index (χ2n) is 9.38. The largest absolute Gasteiger partial charge is 0.434 e. The summed E-state index contributed by atoms with van der Waals surface area (Å²) in [6, 6.07) is 6.63. The zero-order valence-corrected chi connectivity index (χ0v) is 22.0. The maximum absolute atomic E-state index is 13.2. The molecule has 38 heavy (non-hydrogen) atoms. The predicted molar refractivity (Wildman–Crippen MR) is 135 cm³/mol. The van der Waals surface area contributed by atoms with Crippen LogP contribution in [0.4, 0.5) is 19.1 Å². The Bertz CT molecular complexity index is 1490. The van der Waals surface area contributed by atoms with Gasteiger partial charge in [0.05, 0.1) is 23.8 Å². The van der Waals surface area contributed by atoms with Gasteiger partial charge in [0.25, 0.3) is 0 Å². The first-order valence-electron chi connectivity index (χ1n) is 12.2. The number of aromatic nitrogens is 7. The Labute approximate surface area is 221 Å². The monoisotopic (exact) mass is 546 g/mol. The Balaban J connectivity index is 1.47. The molecule has 0 saturated carbocycles. The topological polar surface area (TPSA) is 86.7 Å². The van der Waals surface area contributed by atoms with Gasteiger partial charge < -0.3 is 4.57 Å². The highest BCUT2D eigenvalue weighted by Gasteiger charge is 2.35. The van der Waals surface area contributed by atoms with Crippen molar-refractivity contribution in [2.45, 2.75) is 65.5 Å². The summed E-state index contributed by atoms with van der Waals surface area (Å²) in [6.45, 7) is 8.31. The van der Waals surface area contributed by atoms with Gasteiger partial charge >= 0.3 is 6.18 Å². The summed E-state index contributed by atoms with van der Waals surface area (Å²) in [5.41, 5.74) is 0.985. The maximum Gasteiger partial charge on any atom is 0.434 e. The van der Waals surface area contributed by atoms with Gasteiger partial charge in [-0.2, -0.15) is 23.3 Å². The lowest BCUT2D eigenvalue weighted by molar-refractivity contribution is -0.140. The lowest BCUT2D eigenvalue weighted by Gasteiger charge is -2.31. The van der Waals surface area contributed by atoms with E-state index in [1.165, 1.54) is 4.57 Å². The molecule has 0 spiro atoms. The minimum Gasteiger partial charge on any atom is -0.331 e. The molecule has 1 aliphatic rings. The number of fused-ring (bicyclic) bond motifs is 1. The van der Waals surface area contributed by atoms with Crippen LogP contribution < -0.4 is 4.90 Å². The fraction of sp³-hybridized carbons (Fsp3) is 0.400. The Morgan fingerprint density at radius 1 is 1.11 bits per heavy atom. The first-order chi connectivity index (χ1) is 18.0. The van der Waals surface area contributed by atoms with Crippen LogP contribution >= 0.6 is 11.6 Å². The first kappa shape index (κ1) is 26.0. The molecular formula is C25H26ClF3N8O. The van der Waals surface area contributed by atoms with E-state index in [0.29, 0.717) is 41.1 Å². The van der Waals surface area contributed by atoms with Crippen molar-refractivity contribution in [3.63, 3.8) is 0 Å². The van der Waals surface area contributed by atoms with Crippen LogP contribution in [0.2, 0.25) is 5.02 Å². The molecule has 1 unspecified atom stereocenters. The zero-order chi connectivity index (χ0) is 27.4. The number of hydrogen-bond acceptors (Lipinski definition) is 5. The van der Waals surface area contributed by atoms with Gasteiger partial charge in [0.2, 0.25) is 17.7 Å². The Hall–Kier alpha value is -3.67. The number of halogens is 4. The second kappa shape index (κ2) is 9.57. The first-order valence-corrected chi connectivity index (χ1v) is 12.6. The van der Waals surface area contributed by atoms with Gasteiger partial charge in [0.1, 0.15) is 11.5 Å². The molecule has 0 radical (unpaired) electrons. The van der Waals surface area contributed by atoms with Crippen molar-refractivity contribution in [2.75, 3.05) is 4.90 Å². The molecule has 1 aromatic carbocycles.